The molecule has 2 aliphatic rings. The number of carbonyl (C=O) groups is 2. The largest absolute Gasteiger partial charge is 0.493 e. The Kier molecular flexibility index (Phi) is 18.2. The lowest BCUT2D eigenvalue weighted by Gasteiger charge is -2.46. The number of fused-ring (bicyclic) bond motifs is 2. The zero-order chi connectivity index (χ0) is 50.6. The molecule has 0 spiro atoms. The summed E-state index contributed by atoms with van der Waals surface area (Å²) in [6, 6.07) is 16.1. The molecule has 6 rings (SSSR count). The van der Waals surface area contributed by atoms with Crippen molar-refractivity contribution < 1.29 is 75.4 Å². The van der Waals surface area contributed by atoms with Gasteiger partial charge >= 0.3 is 11.9 Å². The van der Waals surface area contributed by atoms with Crippen LogP contribution in [0.2, 0.25) is 0 Å². The van der Waals surface area contributed by atoms with E-state index in [2.05, 4.69) is 38.4 Å². The Balaban J connectivity index is 1.04. The van der Waals surface area contributed by atoms with Crippen molar-refractivity contribution in [3.63, 3.8) is 0 Å². The van der Waals surface area contributed by atoms with Crippen molar-refractivity contribution in [2.45, 2.75) is 63.5 Å². The molecule has 0 saturated heterocycles. The number of hydrogen-bond donors (Lipinski definition) is 0. The van der Waals surface area contributed by atoms with Crippen molar-refractivity contribution in [2.24, 2.45) is 0 Å². The van der Waals surface area contributed by atoms with Gasteiger partial charge in [-0.1, -0.05) is 0 Å². The molecule has 2 unspecified atom stereocenters. The van der Waals surface area contributed by atoms with Crippen molar-refractivity contribution in [1.82, 2.24) is 0 Å². The van der Waals surface area contributed by atoms with Crippen molar-refractivity contribution in [2.75, 3.05) is 125 Å². The van der Waals surface area contributed by atoms with Gasteiger partial charge in [-0.15, -0.1) is 0 Å². The highest BCUT2D eigenvalue weighted by Crippen LogP contribution is 2.47. The number of likely N-dealkylation sites (N-methyl/N-ethyl adjacent to an activating group) is 2. The normalized spacial score (nSPS) is 19.1. The van der Waals surface area contributed by atoms with Crippen LogP contribution in [-0.4, -0.2) is 145 Å². The number of quaternary nitrogens is 2. The molecule has 0 radical (unpaired) electrons. The number of unbranched alkanes of at least 4 members (excludes halogenated alkanes) is 1. The first-order valence-electron chi connectivity index (χ1n) is 23.8. The molecule has 0 N–H and O–H groups in total. The summed E-state index contributed by atoms with van der Waals surface area (Å²) in [7, 11) is 20.6. The van der Waals surface area contributed by atoms with Gasteiger partial charge in [-0.2, -0.15) is 0 Å². The molecule has 0 fully saturated rings. The molecule has 0 aliphatic carbocycles. The first-order chi connectivity index (χ1) is 33.7. The van der Waals surface area contributed by atoms with Gasteiger partial charge in [0.1, 0.15) is 12.1 Å². The van der Waals surface area contributed by atoms with E-state index in [4.69, 9.17) is 56.8 Å². The minimum atomic E-state index is -0.266. The van der Waals surface area contributed by atoms with E-state index in [0.29, 0.717) is 105 Å². The first kappa shape index (κ1) is 53.1. The van der Waals surface area contributed by atoms with Crippen molar-refractivity contribution in [3.05, 3.63) is 81.9 Å². The number of esters is 2. The maximum absolute atomic E-state index is 13.3. The van der Waals surface area contributed by atoms with Crippen LogP contribution in [0.5, 0.6) is 57.5 Å². The van der Waals surface area contributed by atoms with Gasteiger partial charge in [0.2, 0.25) is 11.5 Å². The molecule has 2 aliphatic heterocycles. The molecule has 2 heterocycles. The third-order valence-electron chi connectivity index (χ3n) is 14.3. The summed E-state index contributed by atoms with van der Waals surface area (Å²) in [5.74, 6) is 5.51. The highest BCUT2D eigenvalue weighted by Gasteiger charge is 2.42. The predicted molar refractivity (Wildman–Crippen MR) is 264 cm³/mol. The second kappa shape index (κ2) is 24.0. The number of methoxy groups -OCH3 is 10. The Morgan fingerprint density at radius 2 is 0.757 bits per heavy atom. The standard InChI is InChI=1S/C54H74N2O14/c1-55(19-15-37-31-43(59-3)45(61-5)33-39(37)41(55)25-35-27-47(63-7)53(67-11)48(28-35)64-8)21-17-51(57)69-23-13-14-24-70-52(58)18-22-56(2)20-16-38-32-44(60-4)46(62-6)34-40(38)42(56)26-36-29-49(65-9)54(68-12)50(30-36)66-10/h27-34,41-42H,13-26H2,1-12H3/q+2/t41-,42-,55?,56?/m1/s1. The Morgan fingerprint density at radius 3 is 1.06 bits per heavy atom. The Hall–Kier alpha value is -6.26. The second-order valence-corrected chi connectivity index (χ2v) is 18.3. The van der Waals surface area contributed by atoms with Crippen LogP contribution in [0.25, 0.3) is 0 Å². The van der Waals surface area contributed by atoms with Crippen LogP contribution in [0.15, 0.2) is 48.5 Å². The highest BCUT2D eigenvalue weighted by molar-refractivity contribution is 5.70. The fraction of sp³-hybridized carbons (Fsp3) is 0.519. The Labute approximate surface area is 413 Å². The Bertz CT molecular complexity index is 2230. The van der Waals surface area contributed by atoms with Crippen molar-refractivity contribution in [3.8, 4) is 57.5 Å². The molecule has 4 aromatic carbocycles. The number of benzene rings is 4. The van der Waals surface area contributed by atoms with Crippen LogP contribution in [0, 0.1) is 0 Å². The van der Waals surface area contributed by atoms with Gasteiger partial charge in [0.15, 0.2) is 46.0 Å². The van der Waals surface area contributed by atoms with Gasteiger partial charge in [-0.3, -0.25) is 9.59 Å². The summed E-state index contributed by atoms with van der Waals surface area (Å²) in [5, 5.41) is 0. The lowest BCUT2D eigenvalue weighted by Crippen LogP contribution is -2.53. The summed E-state index contributed by atoms with van der Waals surface area (Å²) < 4.78 is 69.5. The van der Waals surface area contributed by atoms with Crippen LogP contribution >= 0.6 is 0 Å². The summed E-state index contributed by atoms with van der Waals surface area (Å²) in [6.45, 7) is 3.21. The molecule has 4 atom stereocenters. The fourth-order valence-corrected chi connectivity index (χ4v) is 10.2. The molecule has 70 heavy (non-hydrogen) atoms. The topological polar surface area (TPSA) is 145 Å². The summed E-state index contributed by atoms with van der Waals surface area (Å²) in [6.07, 6.45) is 4.49. The van der Waals surface area contributed by atoms with Gasteiger partial charge in [0.05, 0.1) is 137 Å². The van der Waals surface area contributed by atoms with E-state index in [1.165, 1.54) is 11.1 Å². The fourth-order valence-electron chi connectivity index (χ4n) is 10.2. The van der Waals surface area contributed by atoms with E-state index in [0.717, 1.165) is 48.2 Å². The van der Waals surface area contributed by atoms with E-state index < -0.39 is 0 Å². The predicted octanol–water partition coefficient (Wildman–Crippen LogP) is 7.69. The van der Waals surface area contributed by atoms with E-state index >= 15 is 0 Å². The van der Waals surface area contributed by atoms with E-state index in [1.54, 1.807) is 71.1 Å². The minimum Gasteiger partial charge on any atom is -0.493 e. The third kappa shape index (κ3) is 11.8. The van der Waals surface area contributed by atoms with Crippen LogP contribution in [0.4, 0.5) is 0 Å². The third-order valence-corrected chi connectivity index (χ3v) is 14.3. The number of carbonyl (C=O) groups excluding carboxylic acids is 2. The second-order valence-electron chi connectivity index (χ2n) is 18.3. The summed E-state index contributed by atoms with van der Waals surface area (Å²) in [4.78, 5) is 26.6. The molecule has 0 amide bonds. The molecular formula is C54H74N2O14+2. The molecule has 0 saturated carbocycles. The average molecular weight is 975 g/mol. The zero-order valence-corrected chi connectivity index (χ0v) is 43.3. The quantitative estimate of drug-likeness (QED) is 0.0364. The summed E-state index contributed by atoms with van der Waals surface area (Å²) >= 11 is 0. The van der Waals surface area contributed by atoms with Crippen LogP contribution in [-0.2, 0) is 44.7 Å². The van der Waals surface area contributed by atoms with Crippen molar-refractivity contribution in [1.29, 1.82) is 0 Å². The SMILES string of the molecule is COc1cc2c(cc1OC)[C@@H](Cc1cc(OC)c(OC)c(OC)c1)[N+](C)(CCC(=O)OCCCCOC(=O)CC[N+]1(C)CCc3cc(OC)c(OC)cc3[C@H]1Cc1cc(OC)c(OC)c(OC)c1)CC2. The number of hydrogen-bond acceptors (Lipinski definition) is 14. The van der Waals surface area contributed by atoms with Crippen LogP contribution in [0.1, 0.15) is 71.1 Å². The van der Waals surface area contributed by atoms with Gasteiger partial charge in [-0.05, 0) is 83.6 Å². The summed E-state index contributed by atoms with van der Waals surface area (Å²) in [5.41, 5.74) is 6.64. The van der Waals surface area contributed by atoms with Gasteiger partial charge in [0.25, 0.3) is 0 Å². The van der Waals surface area contributed by atoms with Gasteiger partial charge in [0, 0.05) is 36.8 Å². The van der Waals surface area contributed by atoms with Gasteiger partial charge < -0.3 is 65.8 Å². The van der Waals surface area contributed by atoms with Crippen LogP contribution in [0.3, 0.4) is 0 Å². The molecule has 0 aromatic heterocycles. The van der Waals surface area contributed by atoms with Gasteiger partial charge in [-0.25, -0.2) is 0 Å². The lowest BCUT2D eigenvalue weighted by molar-refractivity contribution is -0.940. The van der Waals surface area contributed by atoms with Crippen molar-refractivity contribution >= 4 is 11.9 Å². The molecule has 382 valence electrons. The maximum atomic E-state index is 13.3. The number of ether oxygens (including phenoxy) is 12. The molecular weight excluding hydrogens is 901 g/mol. The molecule has 4 aromatic rings. The molecule has 16 nitrogen and oxygen atoms in total. The van der Waals surface area contributed by atoms with Crippen LogP contribution < -0.4 is 47.4 Å². The van der Waals surface area contributed by atoms with E-state index in [-0.39, 0.29) is 50.1 Å². The zero-order valence-electron chi connectivity index (χ0n) is 43.3. The average Bonchev–Trinajstić information content (AvgIpc) is 3.38. The van der Waals surface area contributed by atoms with E-state index in [1.807, 2.05) is 24.3 Å². The highest BCUT2D eigenvalue weighted by atomic mass is 16.6. The first-order valence-corrected chi connectivity index (χ1v) is 23.8. The maximum Gasteiger partial charge on any atom is 0.311 e. The van der Waals surface area contributed by atoms with E-state index in [9.17, 15) is 9.59 Å². The minimum absolute atomic E-state index is 0.0376. The lowest BCUT2D eigenvalue weighted by atomic mass is 9.86. The molecule has 16 heteroatoms. The monoisotopic (exact) mass is 975 g/mol. The molecule has 0 bridgehead atoms. The number of nitrogens with zero attached hydrogens (tertiary/aromatic N) is 2. The smallest absolute Gasteiger partial charge is 0.311 e. The number of rotatable bonds is 25. The Morgan fingerprint density at radius 1 is 0.443 bits per heavy atom.